The summed E-state index contributed by atoms with van der Waals surface area (Å²) in [6, 6.07) is 0. The van der Waals surface area contributed by atoms with Gasteiger partial charge in [0.15, 0.2) is 0 Å². The van der Waals surface area contributed by atoms with E-state index in [0.717, 1.165) is 19.3 Å². The molecule has 2 atom stereocenters. The van der Waals surface area contributed by atoms with Gasteiger partial charge in [-0.1, -0.05) is 12.8 Å². The third kappa shape index (κ3) is 1.46. The van der Waals surface area contributed by atoms with E-state index in [1.807, 2.05) is 0 Å². The molecule has 13 heavy (non-hydrogen) atoms. The molecule has 0 aromatic carbocycles. The van der Waals surface area contributed by atoms with Gasteiger partial charge in [0.1, 0.15) is 0 Å². The van der Waals surface area contributed by atoms with E-state index in [0.29, 0.717) is 13.0 Å². The Morgan fingerprint density at radius 2 is 1.92 bits per heavy atom. The van der Waals surface area contributed by atoms with Crippen molar-refractivity contribution in [2.75, 3.05) is 6.54 Å². The number of alkyl halides is 2. The molecule has 0 radical (unpaired) electrons. The molecule has 2 aliphatic rings. The summed E-state index contributed by atoms with van der Waals surface area (Å²) in [5, 5.41) is 0. The maximum Gasteiger partial charge on any atom is 0.254 e. The Bertz CT molecular complexity index is 198. The van der Waals surface area contributed by atoms with Gasteiger partial charge >= 0.3 is 0 Å². The first-order chi connectivity index (χ1) is 5.62. The number of hydrogen-bond donors (Lipinski definition) is 1. The molecule has 4 heteroatoms. The minimum absolute atomic E-state index is 0. The van der Waals surface area contributed by atoms with E-state index >= 15 is 0 Å². The fourth-order valence-corrected chi connectivity index (χ4v) is 2.72. The highest BCUT2D eigenvalue weighted by atomic mass is 35.5. The SMILES string of the molecule is Cl.NC[C@@H]1CCCC[C@]12CC2(F)F. The molecule has 0 amide bonds. The predicted octanol–water partition coefficient (Wildman–Crippen LogP) is 2.58. The van der Waals surface area contributed by atoms with Crippen molar-refractivity contribution in [3.63, 3.8) is 0 Å². The van der Waals surface area contributed by atoms with Crippen molar-refractivity contribution < 1.29 is 8.78 Å². The maximum absolute atomic E-state index is 13.1. The predicted molar refractivity (Wildman–Crippen MR) is 50.3 cm³/mol. The molecule has 0 heterocycles. The molecule has 78 valence electrons. The van der Waals surface area contributed by atoms with Crippen LogP contribution >= 0.6 is 12.4 Å². The minimum atomic E-state index is -2.39. The zero-order valence-corrected chi connectivity index (χ0v) is 8.38. The van der Waals surface area contributed by atoms with Crippen LogP contribution in [0.2, 0.25) is 0 Å². The van der Waals surface area contributed by atoms with E-state index in [1.54, 1.807) is 0 Å². The summed E-state index contributed by atoms with van der Waals surface area (Å²) in [6.07, 6.45) is 3.75. The molecule has 1 nitrogen and oxygen atoms in total. The molecule has 0 aliphatic heterocycles. The highest BCUT2D eigenvalue weighted by Gasteiger charge is 2.73. The zero-order valence-electron chi connectivity index (χ0n) is 7.56. The average Bonchev–Trinajstić information content (AvgIpc) is 2.55. The van der Waals surface area contributed by atoms with Crippen molar-refractivity contribution in [2.45, 2.75) is 38.0 Å². The normalized spacial score (nSPS) is 41.3. The quantitative estimate of drug-likeness (QED) is 0.709. The number of nitrogens with two attached hydrogens (primary N) is 1. The van der Waals surface area contributed by atoms with Gasteiger partial charge in [0.2, 0.25) is 0 Å². The zero-order chi connectivity index (χ0) is 8.82. The van der Waals surface area contributed by atoms with Gasteiger partial charge in [-0.25, -0.2) is 8.78 Å². The molecule has 2 rings (SSSR count). The van der Waals surface area contributed by atoms with Crippen molar-refractivity contribution in [1.29, 1.82) is 0 Å². The van der Waals surface area contributed by atoms with Gasteiger partial charge in [0.25, 0.3) is 5.92 Å². The van der Waals surface area contributed by atoms with Crippen LogP contribution in [0, 0.1) is 11.3 Å². The van der Waals surface area contributed by atoms with E-state index in [2.05, 4.69) is 0 Å². The van der Waals surface area contributed by atoms with Crippen LogP contribution < -0.4 is 5.73 Å². The van der Waals surface area contributed by atoms with E-state index in [9.17, 15) is 8.78 Å². The molecule has 2 N–H and O–H groups in total. The minimum Gasteiger partial charge on any atom is -0.330 e. The van der Waals surface area contributed by atoms with Crippen LogP contribution in [0.4, 0.5) is 8.78 Å². The van der Waals surface area contributed by atoms with Crippen molar-refractivity contribution in [3.8, 4) is 0 Å². The summed E-state index contributed by atoms with van der Waals surface area (Å²) in [5.41, 5.74) is 4.84. The van der Waals surface area contributed by atoms with Crippen molar-refractivity contribution in [3.05, 3.63) is 0 Å². The van der Waals surface area contributed by atoms with E-state index in [-0.39, 0.29) is 24.7 Å². The first-order valence-electron chi connectivity index (χ1n) is 4.70. The molecule has 0 saturated heterocycles. The molecule has 2 fully saturated rings. The third-order valence-electron chi connectivity index (χ3n) is 3.63. The Morgan fingerprint density at radius 1 is 1.31 bits per heavy atom. The Kier molecular flexibility index (Phi) is 2.89. The molecule has 2 aliphatic carbocycles. The molecule has 0 unspecified atom stereocenters. The lowest BCUT2D eigenvalue weighted by Crippen LogP contribution is -2.32. The van der Waals surface area contributed by atoms with Gasteiger partial charge in [-0.2, -0.15) is 0 Å². The fourth-order valence-electron chi connectivity index (χ4n) is 2.72. The van der Waals surface area contributed by atoms with Crippen LogP contribution in [0.15, 0.2) is 0 Å². The van der Waals surface area contributed by atoms with Gasteiger partial charge in [-0.15, -0.1) is 12.4 Å². The lowest BCUT2D eigenvalue weighted by atomic mass is 9.76. The summed E-state index contributed by atoms with van der Waals surface area (Å²) >= 11 is 0. The third-order valence-corrected chi connectivity index (χ3v) is 3.63. The molecule has 0 aromatic heterocycles. The van der Waals surface area contributed by atoms with E-state index < -0.39 is 11.3 Å². The van der Waals surface area contributed by atoms with Crippen LogP contribution in [0.25, 0.3) is 0 Å². The molecule has 0 bridgehead atoms. The number of hydrogen-bond acceptors (Lipinski definition) is 1. The first-order valence-corrected chi connectivity index (χ1v) is 4.70. The maximum atomic E-state index is 13.1. The van der Waals surface area contributed by atoms with E-state index in [1.165, 1.54) is 0 Å². The van der Waals surface area contributed by atoms with Gasteiger partial charge < -0.3 is 5.73 Å². The number of rotatable bonds is 1. The topological polar surface area (TPSA) is 26.0 Å². The van der Waals surface area contributed by atoms with Crippen LogP contribution in [0.5, 0.6) is 0 Å². The highest BCUT2D eigenvalue weighted by Crippen LogP contribution is 2.69. The molecule has 0 aromatic rings. The summed E-state index contributed by atoms with van der Waals surface area (Å²) in [4.78, 5) is 0. The summed E-state index contributed by atoms with van der Waals surface area (Å²) < 4.78 is 26.1. The van der Waals surface area contributed by atoms with E-state index in [4.69, 9.17) is 5.73 Å². The molecule has 1 spiro atoms. The fraction of sp³-hybridized carbons (Fsp3) is 1.00. The Labute approximate surface area is 83.5 Å². The van der Waals surface area contributed by atoms with Crippen molar-refractivity contribution >= 4 is 12.4 Å². The van der Waals surface area contributed by atoms with Crippen LogP contribution in [0.1, 0.15) is 32.1 Å². The van der Waals surface area contributed by atoms with Crippen LogP contribution in [-0.4, -0.2) is 12.5 Å². The second kappa shape index (κ2) is 3.35. The molecular weight excluding hydrogens is 196 g/mol. The van der Waals surface area contributed by atoms with Crippen LogP contribution in [0.3, 0.4) is 0 Å². The summed E-state index contributed by atoms with van der Waals surface area (Å²) in [6.45, 7) is 0.440. The monoisotopic (exact) mass is 211 g/mol. The Hall–Kier alpha value is 0.110. The standard InChI is InChI=1S/C9H15F2N.ClH/c10-9(11)6-8(9)4-2-1-3-7(8)5-12;/h7H,1-6,12H2;1H/t7-,8-;/m0./s1. The summed E-state index contributed by atoms with van der Waals surface area (Å²) in [7, 11) is 0. The van der Waals surface area contributed by atoms with Crippen molar-refractivity contribution in [2.24, 2.45) is 17.1 Å². The Balaban J connectivity index is 0.000000845. The lowest BCUT2D eigenvalue weighted by molar-refractivity contribution is 0.0213. The van der Waals surface area contributed by atoms with Gasteiger partial charge in [0, 0.05) is 11.8 Å². The molecular formula is C9H16ClF2N. The smallest absolute Gasteiger partial charge is 0.254 e. The van der Waals surface area contributed by atoms with Crippen molar-refractivity contribution in [1.82, 2.24) is 0 Å². The first kappa shape index (κ1) is 11.2. The van der Waals surface area contributed by atoms with Gasteiger partial charge in [-0.3, -0.25) is 0 Å². The largest absolute Gasteiger partial charge is 0.330 e. The second-order valence-corrected chi connectivity index (χ2v) is 4.22. The summed E-state index contributed by atoms with van der Waals surface area (Å²) in [5.74, 6) is -2.31. The van der Waals surface area contributed by atoms with Gasteiger partial charge in [0.05, 0.1) is 0 Å². The highest BCUT2D eigenvalue weighted by molar-refractivity contribution is 5.85. The lowest BCUT2D eigenvalue weighted by Gasteiger charge is -2.30. The average molecular weight is 212 g/mol. The Morgan fingerprint density at radius 3 is 2.31 bits per heavy atom. The second-order valence-electron chi connectivity index (χ2n) is 4.22. The van der Waals surface area contributed by atoms with Gasteiger partial charge in [-0.05, 0) is 25.3 Å². The molecule has 2 saturated carbocycles. The van der Waals surface area contributed by atoms with Crippen LogP contribution in [-0.2, 0) is 0 Å². The number of halogens is 3.